The molecular weight excluding hydrogens is 252 g/mol. The monoisotopic (exact) mass is 277 g/mol. The first-order valence-corrected chi connectivity index (χ1v) is 7.30. The van der Waals surface area contributed by atoms with Gasteiger partial charge in [0.25, 0.3) is 5.91 Å². The molecule has 2 atom stereocenters. The molecular formula is C16H25N2O2+. The summed E-state index contributed by atoms with van der Waals surface area (Å²) in [7, 11) is 0. The Balaban J connectivity index is 1.95. The summed E-state index contributed by atoms with van der Waals surface area (Å²) in [6.45, 7) is 10.5. The normalized spacial score (nSPS) is 26.3. The first kappa shape index (κ1) is 15.0. The molecule has 0 radical (unpaired) electrons. The predicted molar refractivity (Wildman–Crippen MR) is 80.1 cm³/mol. The number of amides is 1. The Morgan fingerprint density at radius 2 is 1.80 bits per heavy atom. The Bertz CT molecular complexity index is 457. The van der Waals surface area contributed by atoms with Crippen LogP contribution in [0.3, 0.4) is 0 Å². The number of nitrogens with one attached hydrogen (secondary N) is 2. The van der Waals surface area contributed by atoms with Gasteiger partial charge in [0.2, 0.25) is 0 Å². The van der Waals surface area contributed by atoms with Crippen molar-refractivity contribution in [1.82, 2.24) is 0 Å². The van der Waals surface area contributed by atoms with E-state index in [0.29, 0.717) is 6.54 Å². The number of carbonyl (C=O) groups is 1. The Morgan fingerprint density at radius 3 is 2.35 bits per heavy atom. The highest BCUT2D eigenvalue weighted by Crippen LogP contribution is 2.18. The molecule has 0 bridgehead atoms. The molecule has 0 saturated carbocycles. The lowest BCUT2D eigenvalue weighted by atomic mass is 10.1. The van der Waals surface area contributed by atoms with E-state index in [-0.39, 0.29) is 18.1 Å². The van der Waals surface area contributed by atoms with Crippen molar-refractivity contribution in [2.45, 2.75) is 39.9 Å². The zero-order chi connectivity index (χ0) is 14.7. The van der Waals surface area contributed by atoms with Crippen molar-refractivity contribution in [3.05, 3.63) is 29.3 Å². The summed E-state index contributed by atoms with van der Waals surface area (Å²) in [5, 5.41) is 3.05. The van der Waals surface area contributed by atoms with Crippen LogP contribution in [0.4, 0.5) is 5.69 Å². The summed E-state index contributed by atoms with van der Waals surface area (Å²) >= 11 is 0. The van der Waals surface area contributed by atoms with Gasteiger partial charge in [-0.3, -0.25) is 4.79 Å². The molecule has 1 aromatic rings. The maximum Gasteiger partial charge on any atom is 0.279 e. The topological polar surface area (TPSA) is 42.8 Å². The van der Waals surface area contributed by atoms with Crippen LogP contribution in [0.1, 0.15) is 25.0 Å². The largest absolute Gasteiger partial charge is 0.364 e. The van der Waals surface area contributed by atoms with E-state index in [9.17, 15) is 4.79 Å². The van der Waals surface area contributed by atoms with Gasteiger partial charge in [0.15, 0.2) is 6.54 Å². The van der Waals surface area contributed by atoms with Gasteiger partial charge in [-0.25, -0.2) is 0 Å². The lowest BCUT2D eigenvalue weighted by molar-refractivity contribution is -0.907. The number of para-hydroxylation sites is 1. The molecule has 1 heterocycles. The fourth-order valence-electron chi connectivity index (χ4n) is 2.96. The van der Waals surface area contributed by atoms with Crippen LogP contribution in [0.25, 0.3) is 0 Å². The molecule has 4 nitrogen and oxygen atoms in total. The maximum absolute atomic E-state index is 12.2. The average Bonchev–Trinajstić information content (AvgIpc) is 2.32. The van der Waals surface area contributed by atoms with Crippen molar-refractivity contribution < 1.29 is 14.4 Å². The molecule has 0 spiro atoms. The van der Waals surface area contributed by atoms with Crippen LogP contribution in [-0.4, -0.2) is 37.7 Å². The number of hydrogen-bond acceptors (Lipinski definition) is 2. The molecule has 2 rings (SSSR count). The minimum absolute atomic E-state index is 0.0821. The van der Waals surface area contributed by atoms with Gasteiger partial charge >= 0.3 is 0 Å². The van der Waals surface area contributed by atoms with Crippen LogP contribution >= 0.6 is 0 Å². The minimum atomic E-state index is 0.0821. The van der Waals surface area contributed by atoms with Crippen LogP contribution in [0, 0.1) is 13.8 Å². The van der Waals surface area contributed by atoms with Crippen LogP contribution in [0.15, 0.2) is 18.2 Å². The van der Waals surface area contributed by atoms with E-state index in [1.165, 1.54) is 4.90 Å². The fraction of sp³-hybridized carbons (Fsp3) is 0.562. The Labute approximate surface area is 121 Å². The SMILES string of the molecule is Cc1cccc(C)c1NC(=O)C[NH+]1C[C@@H](C)O[C@H](C)C1. The quantitative estimate of drug-likeness (QED) is 0.863. The second-order valence-electron chi connectivity index (χ2n) is 5.91. The van der Waals surface area contributed by atoms with Crippen molar-refractivity contribution in [2.75, 3.05) is 25.0 Å². The van der Waals surface area contributed by atoms with Gasteiger partial charge in [-0.15, -0.1) is 0 Å². The van der Waals surface area contributed by atoms with E-state index >= 15 is 0 Å². The third kappa shape index (κ3) is 3.81. The molecule has 1 saturated heterocycles. The molecule has 110 valence electrons. The van der Waals surface area contributed by atoms with Gasteiger partial charge in [-0.05, 0) is 38.8 Å². The van der Waals surface area contributed by atoms with Crippen molar-refractivity contribution in [2.24, 2.45) is 0 Å². The lowest BCUT2D eigenvalue weighted by Gasteiger charge is -2.32. The summed E-state index contributed by atoms with van der Waals surface area (Å²) < 4.78 is 5.70. The molecule has 1 aromatic carbocycles. The van der Waals surface area contributed by atoms with Crippen LogP contribution < -0.4 is 10.2 Å². The van der Waals surface area contributed by atoms with E-state index in [1.807, 2.05) is 32.0 Å². The van der Waals surface area contributed by atoms with Gasteiger partial charge in [0.1, 0.15) is 25.3 Å². The second-order valence-corrected chi connectivity index (χ2v) is 5.91. The number of anilines is 1. The number of hydrogen-bond donors (Lipinski definition) is 2. The lowest BCUT2D eigenvalue weighted by Crippen LogP contribution is -3.16. The fourth-order valence-corrected chi connectivity index (χ4v) is 2.96. The third-order valence-electron chi connectivity index (χ3n) is 3.77. The molecule has 1 aliphatic heterocycles. The van der Waals surface area contributed by atoms with Crippen LogP contribution in [0.2, 0.25) is 0 Å². The number of aryl methyl sites for hydroxylation is 2. The summed E-state index contributed by atoms with van der Waals surface area (Å²) in [4.78, 5) is 13.5. The Hall–Kier alpha value is -1.39. The second kappa shape index (κ2) is 6.37. The van der Waals surface area contributed by atoms with Gasteiger partial charge < -0.3 is 15.0 Å². The van der Waals surface area contributed by atoms with Crippen LogP contribution in [0.5, 0.6) is 0 Å². The zero-order valence-corrected chi connectivity index (χ0v) is 12.8. The predicted octanol–water partition coefficient (Wildman–Crippen LogP) is 0.934. The van der Waals surface area contributed by atoms with Crippen LogP contribution in [-0.2, 0) is 9.53 Å². The number of quaternary nitrogens is 1. The van der Waals surface area contributed by atoms with E-state index in [2.05, 4.69) is 19.2 Å². The molecule has 0 aromatic heterocycles. The first-order chi connectivity index (χ1) is 9.45. The van der Waals surface area contributed by atoms with E-state index in [0.717, 1.165) is 29.9 Å². The van der Waals surface area contributed by atoms with Crippen molar-refractivity contribution in [3.63, 3.8) is 0 Å². The highest BCUT2D eigenvalue weighted by atomic mass is 16.5. The molecule has 2 N–H and O–H groups in total. The smallest absolute Gasteiger partial charge is 0.279 e. The zero-order valence-electron chi connectivity index (χ0n) is 12.8. The number of ether oxygens (including phenoxy) is 1. The molecule has 4 heteroatoms. The van der Waals surface area contributed by atoms with E-state index in [4.69, 9.17) is 4.74 Å². The number of benzene rings is 1. The number of rotatable bonds is 3. The molecule has 1 aliphatic rings. The van der Waals surface area contributed by atoms with Crippen molar-refractivity contribution in [3.8, 4) is 0 Å². The molecule has 20 heavy (non-hydrogen) atoms. The minimum Gasteiger partial charge on any atom is -0.364 e. The highest BCUT2D eigenvalue weighted by molar-refractivity contribution is 5.93. The number of morpholine rings is 1. The standard InChI is InChI=1S/C16H24N2O2/c1-11-6-5-7-12(2)16(11)17-15(19)10-18-8-13(3)20-14(4)9-18/h5-7,13-14H,8-10H2,1-4H3,(H,17,19)/p+1/t13-,14-/m1/s1. The highest BCUT2D eigenvalue weighted by Gasteiger charge is 2.27. The van der Waals surface area contributed by atoms with Gasteiger partial charge in [-0.1, -0.05) is 18.2 Å². The summed E-state index contributed by atoms with van der Waals surface area (Å²) in [5.74, 6) is 0.0821. The summed E-state index contributed by atoms with van der Waals surface area (Å²) in [6, 6.07) is 6.06. The van der Waals surface area contributed by atoms with Crippen molar-refractivity contribution >= 4 is 11.6 Å². The summed E-state index contributed by atoms with van der Waals surface area (Å²) in [6.07, 6.45) is 0.448. The summed E-state index contributed by atoms with van der Waals surface area (Å²) in [5.41, 5.74) is 3.17. The van der Waals surface area contributed by atoms with Gasteiger partial charge in [0, 0.05) is 5.69 Å². The molecule has 0 aliphatic carbocycles. The molecule has 1 fully saturated rings. The van der Waals surface area contributed by atoms with E-state index < -0.39 is 0 Å². The average molecular weight is 277 g/mol. The Kier molecular flexibility index (Phi) is 4.78. The molecule has 0 unspecified atom stereocenters. The van der Waals surface area contributed by atoms with Crippen molar-refractivity contribution in [1.29, 1.82) is 0 Å². The first-order valence-electron chi connectivity index (χ1n) is 7.30. The number of carbonyl (C=O) groups excluding carboxylic acids is 1. The molecule has 1 amide bonds. The van der Waals surface area contributed by atoms with Gasteiger partial charge in [0.05, 0.1) is 0 Å². The third-order valence-corrected chi connectivity index (χ3v) is 3.77. The maximum atomic E-state index is 12.2. The van der Waals surface area contributed by atoms with Gasteiger partial charge in [-0.2, -0.15) is 0 Å². The van der Waals surface area contributed by atoms with E-state index in [1.54, 1.807) is 0 Å². The Morgan fingerprint density at radius 1 is 1.25 bits per heavy atom.